The van der Waals surface area contributed by atoms with Crippen LogP contribution in [0.5, 0.6) is 0 Å². The second-order valence-corrected chi connectivity index (χ2v) is 6.97. The molecule has 0 spiro atoms. The maximum atomic E-state index is 12.4. The Morgan fingerprint density at radius 1 is 1.15 bits per heavy atom. The summed E-state index contributed by atoms with van der Waals surface area (Å²) in [6, 6.07) is 2.64. The number of benzene rings is 1. The Kier molecular flexibility index (Phi) is 8.17. The Morgan fingerprint density at radius 2 is 1.78 bits per heavy atom. The fraction of sp³-hybridized carbons (Fsp3) is 0.471. The molecule has 0 saturated carbocycles. The Labute approximate surface area is 162 Å². The molecule has 0 aromatic heterocycles. The number of nitrogens with one attached hydrogen (secondary N) is 3. The van der Waals surface area contributed by atoms with Crippen LogP contribution in [0.2, 0.25) is 5.02 Å². The summed E-state index contributed by atoms with van der Waals surface area (Å²) in [5.74, 6) is -1.80. The van der Waals surface area contributed by atoms with Gasteiger partial charge in [0.1, 0.15) is 11.1 Å². The van der Waals surface area contributed by atoms with Gasteiger partial charge in [-0.1, -0.05) is 25.4 Å². The average molecular weight is 399 g/mol. The van der Waals surface area contributed by atoms with E-state index in [1.165, 1.54) is 12.1 Å². The predicted octanol–water partition coefficient (Wildman–Crippen LogP) is 1.64. The van der Waals surface area contributed by atoms with Crippen molar-refractivity contribution in [1.82, 2.24) is 16.0 Å². The van der Waals surface area contributed by atoms with E-state index in [0.717, 1.165) is 6.07 Å². The maximum absolute atomic E-state index is 12.4. The van der Waals surface area contributed by atoms with E-state index in [4.69, 9.17) is 11.6 Å². The molecule has 0 aliphatic carbocycles. The van der Waals surface area contributed by atoms with Crippen molar-refractivity contribution in [3.8, 4) is 0 Å². The number of nitro groups is 1. The van der Waals surface area contributed by atoms with Gasteiger partial charge in [0.25, 0.3) is 11.6 Å². The van der Waals surface area contributed by atoms with Gasteiger partial charge in [0.05, 0.1) is 11.5 Å². The van der Waals surface area contributed by atoms with Crippen molar-refractivity contribution in [2.75, 3.05) is 6.54 Å². The molecule has 9 nitrogen and oxygen atoms in total. The number of carbonyl (C=O) groups is 3. The Balaban J connectivity index is 2.83. The molecule has 27 heavy (non-hydrogen) atoms. The highest BCUT2D eigenvalue weighted by molar-refractivity contribution is 6.32. The van der Waals surface area contributed by atoms with E-state index in [2.05, 4.69) is 16.0 Å². The Hall–Kier alpha value is -2.68. The van der Waals surface area contributed by atoms with Crippen molar-refractivity contribution in [2.45, 2.75) is 39.8 Å². The lowest BCUT2D eigenvalue weighted by molar-refractivity contribution is -0.384. The topological polar surface area (TPSA) is 130 Å². The summed E-state index contributed by atoms with van der Waals surface area (Å²) in [4.78, 5) is 46.6. The van der Waals surface area contributed by atoms with E-state index in [1.54, 1.807) is 27.7 Å². The molecule has 0 aliphatic heterocycles. The molecule has 148 valence electrons. The van der Waals surface area contributed by atoms with Crippen LogP contribution in [0.1, 0.15) is 38.1 Å². The van der Waals surface area contributed by atoms with Crippen molar-refractivity contribution in [3.63, 3.8) is 0 Å². The van der Waals surface area contributed by atoms with Crippen molar-refractivity contribution in [2.24, 2.45) is 5.92 Å². The highest BCUT2D eigenvalue weighted by Crippen LogP contribution is 2.25. The third kappa shape index (κ3) is 6.86. The van der Waals surface area contributed by atoms with Gasteiger partial charge in [0.2, 0.25) is 11.8 Å². The second kappa shape index (κ2) is 9.86. The molecule has 0 radical (unpaired) electrons. The van der Waals surface area contributed by atoms with Crippen LogP contribution in [0.3, 0.4) is 0 Å². The summed E-state index contributed by atoms with van der Waals surface area (Å²) in [7, 11) is 0. The lowest BCUT2D eigenvalue weighted by atomic mass is 10.0. The smallest absolute Gasteiger partial charge is 0.288 e. The first kappa shape index (κ1) is 22.4. The first-order valence-electron chi connectivity index (χ1n) is 8.34. The molecular weight excluding hydrogens is 376 g/mol. The quantitative estimate of drug-likeness (QED) is 0.452. The van der Waals surface area contributed by atoms with E-state index in [-0.39, 0.29) is 35.0 Å². The average Bonchev–Trinajstić information content (AvgIpc) is 2.56. The van der Waals surface area contributed by atoms with E-state index >= 15 is 0 Å². The third-order valence-corrected chi connectivity index (χ3v) is 3.83. The molecule has 0 saturated heterocycles. The van der Waals surface area contributed by atoms with E-state index in [0.29, 0.717) is 0 Å². The van der Waals surface area contributed by atoms with Crippen LogP contribution in [-0.4, -0.2) is 41.3 Å². The van der Waals surface area contributed by atoms with Gasteiger partial charge in [0.15, 0.2) is 0 Å². The van der Waals surface area contributed by atoms with Gasteiger partial charge in [-0.15, -0.1) is 0 Å². The summed E-state index contributed by atoms with van der Waals surface area (Å²) in [5.41, 5.74) is -0.401. The molecule has 0 aliphatic rings. The number of halogens is 1. The molecule has 1 atom stereocenters. The number of amides is 3. The van der Waals surface area contributed by atoms with Crippen LogP contribution in [0.25, 0.3) is 0 Å². The van der Waals surface area contributed by atoms with Gasteiger partial charge in [-0.25, -0.2) is 0 Å². The number of nitro benzene ring substituents is 1. The van der Waals surface area contributed by atoms with Crippen LogP contribution in [0.4, 0.5) is 5.69 Å². The number of hydrogen-bond donors (Lipinski definition) is 3. The summed E-state index contributed by atoms with van der Waals surface area (Å²) in [6.07, 6.45) is 0. The SMILES string of the molecule is CC(C)NC(=O)CNC(=O)[C@@H](NC(=O)c1ccc(Cl)c([N+](=O)[O-])c1)C(C)C. The van der Waals surface area contributed by atoms with Gasteiger partial charge < -0.3 is 16.0 Å². The monoisotopic (exact) mass is 398 g/mol. The predicted molar refractivity (Wildman–Crippen MR) is 100 cm³/mol. The normalized spacial score (nSPS) is 11.8. The third-order valence-electron chi connectivity index (χ3n) is 3.51. The molecule has 0 fully saturated rings. The molecule has 1 rings (SSSR count). The lowest BCUT2D eigenvalue weighted by Crippen LogP contribution is -2.51. The zero-order valence-corrected chi connectivity index (χ0v) is 16.3. The molecule has 0 heterocycles. The van der Waals surface area contributed by atoms with Gasteiger partial charge in [0, 0.05) is 17.7 Å². The van der Waals surface area contributed by atoms with Gasteiger partial charge >= 0.3 is 0 Å². The fourth-order valence-electron chi connectivity index (χ4n) is 2.20. The standard InChI is InChI=1S/C17H23ClN4O5/c1-9(2)15(17(25)19-8-14(23)20-10(3)4)21-16(24)11-5-6-12(18)13(7-11)22(26)27/h5-7,9-10,15H,8H2,1-4H3,(H,19,25)(H,20,23)(H,21,24)/t15-/m0/s1. The number of carbonyl (C=O) groups excluding carboxylic acids is 3. The van der Waals surface area contributed by atoms with Crippen molar-refractivity contribution in [1.29, 1.82) is 0 Å². The second-order valence-electron chi connectivity index (χ2n) is 6.56. The molecule has 3 N–H and O–H groups in total. The number of hydrogen-bond acceptors (Lipinski definition) is 5. The van der Waals surface area contributed by atoms with Gasteiger partial charge in [-0.2, -0.15) is 0 Å². The summed E-state index contributed by atoms with van der Waals surface area (Å²) in [5, 5.41) is 18.5. The van der Waals surface area contributed by atoms with Crippen molar-refractivity contribution in [3.05, 3.63) is 38.9 Å². The highest BCUT2D eigenvalue weighted by Gasteiger charge is 2.26. The fourth-order valence-corrected chi connectivity index (χ4v) is 2.39. The van der Waals surface area contributed by atoms with Crippen LogP contribution in [-0.2, 0) is 9.59 Å². The van der Waals surface area contributed by atoms with Gasteiger partial charge in [-0.3, -0.25) is 24.5 Å². The highest BCUT2D eigenvalue weighted by atomic mass is 35.5. The largest absolute Gasteiger partial charge is 0.352 e. The maximum Gasteiger partial charge on any atom is 0.288 e. The van der Waals surface area contributed by atoms with E-state index < -0.39 is 28.5 Å². The first-order valence-corrected chi connectivity index (χ1v) is 8.72. The zero-order chi connectivity index (χ0) is 20.7. The zero-order valence-electron chi connectivity index (χ0n) is 15.5. The lowest BCUT2D eigenvalue weighted by Gasteiger charge is -2.22. The molecule has 0 unspecified atom stereocenters. The van der Waals surface area contributed by atoms with Gasteiger partial charge in [-0.05, 0) is 31.9 Å². The molecule has 1 aromatic carbocycles. The van der Waals surface area contributed by atoms with Crippen LogP contribution >= 0.6 is 11.6 Å². The molecule has 3 amide bonds. The molecule has 0 bridgehead atoms. The minimum Gasteiger partial charge on any atom is -0.352 e. The van der Waals surface area contributed by atoms with Crippen LogP contribution in [0.15, 0.2) is 18.2 Å². The van der Waals surface area contributed by atoms with E-state index in [1.807, 2.05) is 0 Å². The number of nitrogens with zero attached hydrogens (tertiary/aromatic N) is 1. The van der Waals surface area contributed by atoms with Crippen molar-refractivity contribution < 1.29 is 19.3 Å². The first-order chi connectivity index (χ1) is 12.5. The van der Waals surface area contributed by atoms with Crippen molar-refractivity contribution >= 4 is 35.0 Å². The number of rotatable bonds is 8. The molecule has 1 aromatic rings. The Morgan fingerprint density at radius 3 is 2.30 bits per heavy atom. The summed E-state index contributed by atoms with van der Waals surface area (Å²) >= 11 is 5.73. The van der Waals surface area contributed by atoms with Crippen LogP contribution < -0.4 is 16.0 Å². The minimum atomic E-state index is -0.918. The summed E-state index contributed by atoms with van der Waals surface area (Å²) < 4.78 is 0. The minimum absolute atomic E-state index is 0.00195. The Bertz CT molecular complexity index is 736. The summed E-state index contributed by atoms with van der Waals surface area (Å²) in [6.45, 7) is 6.82. The molecular formula is C17H23ClN4O5. The van der Waals surface area contributed by atoms with Crippen LogP contribution in [0, 0.1) is 16.0 Å². The molecule has 10 heteroatoms. The van der Waals surface area contributed by atoms with E-state index in [9.17, 15) is 24.5 Å².